The van der Waals surface area contributed by atoms with E-state index in [1.54, 1.807) is 7.11 Å². The second-order valence-corrected chi connectivity index (χ2v) is 14.6. The van der Waals surface area contributed by atoms with Crippen molar-refractivity contribution in [2.45, 2.75) is 70.6 Å². The van der Waals surface area contributed by atoms with E-state index in [4.69, 9.17) is 9.47 Å². The van der Waals surface area contributed by atoms with Gasteiger partial charge in [0.25, 0.3) is 5.91 Å². The quantitative estimate of drug-likeness (QED) is 0.334. The molecule has 35 heavy (non-hydrogen) atoms. The number of rotatable bonds is 8. The Morgan fingerprint density at radius 3 is 2.11 bits per heavy atom. The first-order valence-corrected chi connectivity index (χ1v) is 15.3. The van der Waals surface area contributed by atoms with Crippen molar-refractivity contribution in [2.24, 2.45) is 0 Å². The second-order valence-electron chi connectivity index (χ2n) is 10.3. The molecule has 2 aromatic rings. The van der Waals surface area contributed by atoms with Crippen LogP contribution in [0.4, 0.5) is 5.69 Å². The van der Waals surface area contributed by atoms with Gasteiger partial charge in [-0.25, -0.2) is 4.79 Å². The van der Waals surface area contributed by atoms with Gasteiger partial charge in [-0.3, -0.25) is 4.79 Å². The van der Waals surface area contributed by atoms with Crippen LogP contribution in [0.2, 0.25) is 0 Å². The molecule has 0 radical (unpaired) electrons. The average molecular weight is 497 g/mol. The van der Waals surface area contributed by atoms with E-state index in [1.807, 2.05) is 56.3 Å². The molecule has 188 valence electrons. The molecular formula is C29H39NO4P+. The molecule has 1 aliphatic heterocycles. The predicted molar refractivity (Wildman–Crippen MR) is 144 cm³/mol. The first-order valence-electron chi connectivity index (χ1n) is 12.9. The van der Waals surface area contributed by atoms with Crippen LogP contribution in [0.1, 0.15) is 61.6 Å². The summed E-state index contributed by atoms with van der Waals surface area (Å²) in [6, 6.07) is 13.8. The summed E-state index contributed by atoms with van der Waals surface area (Å²) in [6.07, 6.45) is 9.86. The fourth-order valence-electron chi connectivity index (χ4n) is 5.96. The van der Waals surface area contributed by atoms with Crippen LogP contribution in [-0.4, -0.2) is 42.6 Å². The van der Waals surface area contributed by atoms with Crippen molar-refractivity contribution < 1.29 is 19.1 Å². The van der Waals surface area contributed by atoms with E-state index in [0.717, 1.165) is 72.6 Å². The molecule has 1 saturated carbocycles. The molecule has 1 saturated heterocycles. The van der Waals surface area contributed by atoms with Crippen molar-refractivity contribution in [3.05, 3.63) is 59.2 Å². The molecule has 2 aliphatic rings. The van der Waals surface area contributed by atoms with Gasteiger partial charge >= 0.3 is 5.97 Å². The summed E-state index contributed by atoms with van der Waals surface area (Å²) < 4.78 is 11.2. The number of hydrogen-bond donors (Lipinski definition) is 1. The van der Waals surface area contributed by atoms with E-state index >= 15 is 0 Å². The van der Waals surface area contributed by atoms with E-state index in [9.17, 15) is 9.59 Å². The summed E-state index contributed by atoms with van der Waals surface area (Å²) >= 11 is 0. The molecule has 1 N–H and O–H groups in total. The summed E-state index contributed by atoms with van der Waals surface area (Å²) in [6.45, 7) is 4.31. The van der Waals surface area contributed by atoms with Crippen LogP contribution in [0.25, 0.3) is 0 Å². The van der Waals surface area contributed by atoms with E-state index in [2.05, 4.69) is 5.32 Å². The third kappa shape index (κ3) is 5.40. The molecule has 0 atom stereocenters. The second kappa shape index (κ2) is 11.1. The number of esters is 1. The molecule has 0 spiro atoms. The van der Waals surface area contributed by atoms with Gasteiger partial charge in [0, 0.05) is 12.9 Å². The van der Waals surface area contributed by atoms with Crippen LogP contribution >= 0.6 is 7.26 Å². The van der Waals surface area contributed by atoms with Gasteiger partial charge in [-0.2, -0.15) is 0 Å². The SMILES string of the molecule is COc1cc(C)c(NC(=O)C2([P+]3(CC(=O)OCc4ccccc4)CCCCCC3)CCC2)c(C)c1. The van der Waals surface area contributed by atoms with E-state index < -0.39 is 12.4 Å². The largest absolute Gasteiger partial charge is 0.497 e. The van der Waals surface area contributed by atoms with Crippen LogP contribution < -0.4 is 10.1 Å². The summed E-state index contributed by atoms with van der Waals surface area (Å²) in [7, 11) is -0.236. The minimum atomic E-state index is -1.90. The smallest absolute Gasteiger partial charge is 0.344 e. The molecule has 6 heteroatoms. The van der Waals surface area contributed by atoms with Gasteiger partial charge in [-0.1, -0.05) is 30.3 Å². The van der Waals surface area contributed by atoms with Gasteiger partial charge in [0.15, 0.2) is 11.3 Å². The number of nitrogens with one attached hydrogen (secondary N) is 1. The standard InChI is InChI=1S/C29H38NO4P/c1-22-18-25(33-3)19-23(2)27(22)30-28(32)29(14-11-15-29)35(16-9-4-5-10-17-35)21-26(31)34-20-24-12-7-6-8-13-24/h6-8,12-13,18-19H,4-5,9-11,14-17,20-21H2,1-3H3/p+1. The Bertz CT molecular complexity index is 1020. The van der Waals surface area contributed by atoms with Crippen molar-refractivity contribution in [1.29, 1.82) is 0 Å². The lowest BCUT2D eigenvalue weighted by atomic mass is 9.83. The molecule has 2 aromatic carbocycles. The zero-order valence-corrected chi connectivity index (χ0v) is 22.3. The first kappa shape index (κ1) is 25.7. The molecule has 2 fully saturated rings. The summed E-state index contributed by atoms with van der Waals surface area (Å²) in [5.74, 6) is 0.774. The van der Waals surface area contributed by atoms with Crippen molar-refractivity contribution in [2.75, 3.05) is 30.9 Å². The van der Waals surface area contributed by atoms with E-state index in [0.29, 0.717) is 12.8 Å². The van der Waals surface area contributed by atoms with Gasteiger partial charge in [0.2, 0.25) is 0 Å². The lowest BCUT2D eigenvalue weighted by molar-refractivity contribution is -0.141. The molecule has 0 aromatic heterocycles. The number of aryl methyl sites for hydroxylation is 2. The number of anilines is 1. The van der Waals surface area contributed by atoms with Crippen LogP contribution in [0.15, 0.2) is 42.5 Å². The normalized spacial score (nSPS) is 18.6. The van der Waals surface area contributed by atoms with Gasteiger partial charge in [0.05, 0.1) is 19.4 Å². The minimum absolute atomic E-state index is 0.117. The van der Waals surface area contributed by atoms with Crippen molar-refractivity contribution in [1.82, 2.24) is 0 Å². The number of carbonyl (C=O) groups excluding carboxylic acids is 2. The Kier molecular flexibility index (Phi) is 8.16. The van der Waals surface area contributed by atoms with Crippen molar-refractivity contribution >= 4 is 24.8 Å². The fourth-order valence-corrected chi connectivity index (χ4v) is 11.7. The number of carbonyl (C=O) groups is 2. The maximum Gasteiger partial charge on any atom is 0.344 e. The lowest BCUT2D eigenvalue weighted by Gasteiger charge is -2.48. The van der Waals surface area contributed by atoms with Crippen molar-refractivity contribution in [3.63, 3.8) is 0 Å². The van der Waals surface area contributed by atoms with E-state index in [1.165, 1.54) is 12.8 Å². The third-order valence-electron chi connectivity index (χ3n) is 8.09. The average Bonchev–Trinajstić information content (AvgIpc) is 3.06. The first-order chi connectivity index (χ1) is 16.9. The topological polar surface area (TPSA) is 64.6 Å². The maximum absolute atomic E-state index is 14.1. The van der Waals surface area contributed by atoms with E-state index in [-0.39, 0.29) is 11.9 Å². The van der Waals surface area contributed by atoms with Crippen LogP contribution in [0.3, 0.4) is 0 Å². The molecule has 4 rings (SSSR count). The maximum atomic E-state index is 14.1. The molecule has 1 heterocycles. The van der Waals surface area contributed by atoms with Crippen LogP contribution in [0, 0.1) is 13.8 Å². The molecule has 1 aliphatic carbocycles. The molecule has 0 bridgehead atoms. The lowest BCUT2D eigenvalue weighted by Crippen LogP contribution is -2.53. The number of ether oxygens (including phenoxy) is 2. The Hall–Kier alpha value is -2.39. The minimum Gasteiger partial charge on any atom is -0.497 e. The fraction of sp³-hybridized carbons (Fsp3) is 0.517. The Morgan fingerprint density at radius 2 is 1.57 bits per heavy atom. The third-order valence-corrected chi connectivity index (χ3v) is 13.8. The Labute approximate surface area is 210 Å². The number of hydrogen-bond acceptors (Lipinski definition) is 4. The monoisotopic (exact) mass is 496 g/mol. The Balaban J connectivity index is 1.58. The highest BCUT2D eigenvalue weighted by molar-refractivity contribution is 7.79. The molecule has 5 nitrogen and oxygen atoms in total. The van der Waals surface area contributed by atoms with Gasteiger partial charge in [-0.05, 0) is 87.6 Å². The summed E-state index contributed by atoms with van der Waals surface area (Å²) in [5, 5.41) is 2.91. The predicted octanol–water partition coefficient (Wildman–Crippen LogP) is 6.51. The highest BCUT2D eigenvalue weighted by Crippen LogP contribution is 2.76. The van der Waals surface area contributed by atoms with Crippen LogP contribution in [-0.2, 0) is 20.9 Å². The van der Waals surface area contributed by atoms with Crippen molar-refractivity contribution in [3.8, 4) is 5.75 Å². The number of amides is 1. The molecular weight excluding hydrogens is 457 g/mol. The number of methoxy groups -OCH3 is 1. The van der Waals surface area contributed by atoms with Gasteiger partial charge in [-0.15, -0.1) is 0 Å². The molecule has 1 amide bonds. The molecule has 0 unspecified atom stereocenters. The summed E-state index contributed by atoms with van der Waals surface area (Å²) in [5.41, 5.74) is 3.87. The highest BCUT2D eigenvalue weighted by atomic mass is 31.2. The van der Waals surface area contributed by atoms with Gasteiger partial charge in [0.1, 0.15) is 12.4 Å². The number of benzene rings is 2. The van der Waals surface area contributed by atoms with Gasteiger partial charge < -0.3 is 14.8 Å². The van der Waals surface area contributed by atoms with Crippen LogP contribution in [0.5, 0.6) is 5.75 Å². The highest BCUT2D eigenvalue weighted by Gasteiger charge is 2.66. The Morgan fingerprint density at radius 1 is 0.943 bits per heavy atom. The zero-order chi connectivity index (χ0) is 24.9. The zero-order valence-electron chi connectivity index (χ0n) is 21.4. The summed E-state index contributed by atoms with van der Waals surface area (Å²) in [4.78, 5) is 27.3.